The molecule has 7 heteroatoms. The molecular formula is C19H17NO4S2. The van der Waals surface area contributed by atoms with Crippen molar-refractivity contribution < 1.29 is 19.1 Å². The highest BCUT2D eigenvalue weighted by molar-refractivity contribution is 7.20. The van der Waals surface area contributed by atoms with Gasteiger partial charge in [0.25, 0.3) is 5.91 Å². The standard InChI is InChI=1S/C19H17NO4S2/c1-2-24-17(22)11-13(21)18(15-8-5-9-25-15)20-19(23)16-10-12-6-3-4-7-14(12)26-16/h3-10,18H,2,11H2,1H3,(H,20,23). The van der Waals surface area contributed by atoms with Crippen LogP contribution >= 0.6 is 22.7 Å². The van der Waals surface area contributed by atoms with Gasteiger partial charge in [-0.15, -0.1) is 22.7 Å². The van der Waals surface area contributed by atoms with E-state index in [0.29, 0.717) is 9.75 Å². The summed E-state index contributed by atoms with van der Waals surface area (Å²) < 4.78 is 5.85. The van der Waals surface area contributed by atoms with E-state index in [0.717, 1.165) is 10.1 Å². The zero-order valence-electron chi connectivity index (χ0n) is 14.1. The van der Waals surface area contributed by atoms with Crippen molar-refractivity contribution >= 4 is 50.4 Å². The Morgan fingerprint density at radius 3 is 2.65 bits per heavy atom. The molecule has 2 heterocycles. The Bertz CT molecular complexity index is 897. The summed E-state index contributed by atoms with van der Waals surface area (Å²) >= 11 is 2.72. The normalized spacial score (nSPS) is 11.9. The van der Waals surface area contributed by atoms with Crippen LogP contribution in [0.1, 0.15) is 33.9 Å². The topological polar surface area (TPSA) is 72.5 Å². The Kier molecular flexibility index (Phi) is 5.80. The van der Waals surface area contributed by atoms with Crippen molar-refractivity contribution in [2.45, 2.75) is 19.4 Å². The molecule has 1 unspecified atom stereocenters. The van der Waals surface area contributed by atoms with Gasteiger partial charge in [-0.05, 0) is 35.9 Å². The monoisotopic (exact) mass is 387 g/mol. The number of esters is 1. The van der Waals surface area contributed by atoms with E-state index in [-0.39, 0.29) is 24.7 Å². The van der Waals surface area contributed by atoms with Gasteiger partial charge in [-0.1, -0.05) is 24.3 Å². The third-order valence-electron chi connectivity index (χ3n) is 3.70. The Morgan fingerprint density at radius 1 is 1.15 bits per heavy atom. The maximum Gasteiger partial charge on any atom is 0.313 e. The Morgan fingerprint density at radius 2 is 1.96 bits per heavy atom. The van der Waals surface area contributed by atoms with E-state index in [1.807, 2.05) is 29.6 Å². The van der Waals surface area contributed by atoms with Crippen LogP contribution < -0.4 is 5.32 Å². The van der Waals surface area contributed by atoms with Crippen LogP contribution in [0.2, 0.25) is 0 Å². The summed E-state index contributed by atoms with van der Waals surface area (Å²) in [6, 6.07) is 12.2. The third kappa shape index (κ3) is 4.17. The molecule has 2 aromatic heterocycles. The molecule has 0 fully saturated rings. The fourth-order valence-electron chi connectivity index (χ4n) is 2.52. The molecule has 0 saturated carbocycles. The number of fused-ring (bicyclic) bond motifs is 1. The fourth-order valence-corrected chi connectivity index (χ4v) is 4.28. The van der Waals surface area contributed by atoms with Crippen molar-refractivity contribution in [1.29, 1.82) is 0 Å². The molecule has 0 radical (unpaired) electrons. The van der Waals surface area contributed by atoms with Gasteiger partial charge in [-0.2, -0.15) is 0 Å². The molecule has 0 aliphatic carbocycles. The summed E-state index contributed by atoms with van der Waals surface area (Å²) in [6.07, 6.45) is -0.372. The fraction of sp³-hybridized carbons (Fsp3) is 0.211. The molecule has 0 aliphatic heterocycles. The van der Waals surface area contributed by atoms with Crippen LogP contribution in [0.5, 0.6) is 0 Å². The maximum absolute atomic E-state index is 12.7. The van der Waals surface area contributed by atoms with Crippen LogP contribution in [0.25, 0.3) is 10.1 Å². The Balaban J connectivity index is 1.80. The number of carbonyl (C=O) groups is 3. The molecule has 1 atom stereocenters. The predicted molar refractivity (Wildman–Crippen MR) is 103 cm³/mol. The second-order valence-corrected chi connectivity index (χ2v) is 7.58. The second kappa shape index (κ2) is 8.25. The summed E-state index contributed by atoms with van der Waals surface area (Å²) in [5, 5.41) is 5.57. The molecular weight excluding hydrogens is 370 g/mol. The molecule has 134 valence electrons. The molecule has 1 N–H and O–H groups in total. The molecule has 1 amide bonds. The van der Waals surface area contributed by atoms with Crippen molar-refractivity contribution in [2.24, 2.45) is 0 Å². The van der Waals surface area contributed by atoms with Crippen LogP contribution in [0.15, 0.2) is 47.8 Å². The van der Waals surface area contributed by atoms with Crippen molar-refractivity contribution in [3.05, 3.63) is 57.6 Å². The minimum atomic E-state index is -0.864. The first kappa shape index (κ1) is 18.3. The summed E-state index contributed by atoms with van der Waals surface area (Å²) in [6.45, 7) is 1.90. The van der Waals surface area contributed by atoms with Crippen molar-refractivity contribution in [3.8, 4) is 0 Å². The molecule has 26 heavy (non-hydrogen) atoms. The molecule has 0 aliphatic rings. The molecule has 0 spiro atoms. The molecule has 0 saturated heterocycles. The van der Waals surface area contributed by atoms with Gasteiger partial charge in [0.15, 0.2) is 5.78 Å². The van der Waals surface area contributed by atoms with Gasteiger partial charge in [-0.3, -0.25) is 14.4 Å². The van der Waals surface area contributed by atoms with E-state index in [1.165, 1.54) is 22.7 Å². The predicted octanol–water partition coefficient (Wildman–Crippen LogP) is 3.96. The first-order chi connectivity index (χ1) is 12.6. The highest BCUT2D eigenvalue weighted by atomic mass is 32.1. The minimum Gasteiger partial charge on any atom is -0.466 e. The van der Waals surface area contributed by atoms with E-state index in [1.54, 1.807) is 25.1 Å². The average molecular weight is 387 g/mol. The zero-order valence-corrected chi connectivity index (χ0v) is 15.7. The third-order valence-corrected chi connectivity index (χ3v) is 5.75. The average Bonchev–Trinajstić information content (AvgIpc) is 3.28. The highest BCUT2D eigenvalue weighted by Gasteiger charge is 2.27. The van der Waals surface area contributed by atoms with Gasteiger partial charge >= 0.3 is 5.97 Å². The van der Waals surface area contributed by atoms with Crippen molar-refractivity contribution in [2.75, 3.05) is 6.61 Å². The Labute approximate surface area is 158 Å². The molecule has 3 aromatic rings. The number of amides is 1. The molecule has 0 bridgehead atoms. The van der Waals surface area contributed by atoms with E-state index in [2.05, 4.69) is 5.32 Å². The lowest BCUT2D eigenvalue weighted by Crippen LogP contribution is -2.34. The number of carbonyl (C=O) groups excluding carboxylic acids is 3. The number of ketones is 1. The first-order valence-electron chi connectivity index (χ1n) is 8.09. The lowest BCUT2D eigenvalue weighted by Gasteiger charge is -2.15. The second-order valence-electron chi connectivity index (χ2n) is 5.52. The van der Waals surface area contributed by atoms with Crippen molar-refractivity contribution in [1.82, 2.24) is 5.32 Å². The summed E-state index contributed by atoms with van der Waals surface area (Å²) in [4.78, 5) is 38.1. The van der Waals surface area contributed by atoms with Gasteiger partial charge < -0.3 is 10.1 Å². The summed E-state index contributed by atoms with van der Waals surface area (Å²) in [5.41, 5.74) is 0. The van der Waals surface area contributed by atoms with Gasteiger partial charge in [0, 0.05) is 9.58 Å². The SMILES string of the molecule is CCOC(=O)CC(=O)C(NC(=O)c1cc2ccccc2s1)c1cccs1. The maximum atomic E-state index is 12.7. The summed E-state index contributed by atoms with van der Waals surface area (Å²) in [5.74, 6) is -1.31. The number of hydrogen-bond donors (Lipinski definition) is 1. The highest BCUT2D eigenvalue weighted by Crippen LogP contribution is 2.27. The first-order valence-corrected chi connectivity index (χ1v) is 9.79. The van der Waals surface area contributed by atoms with Gasteiger partial charge in [0.2, 0.25) is 0 Å². The Hall–Kier alpha value is -2.51. The van der Waals surface area contributed by atoms with Gasteiger partial charge in [0.05, 0.1) is 11.5 Å². The lowest BCUT2D eigenvalue weighted by molar-refractivity contribution is -0.145. The molecule has 1 aromatic carbocycles. The number of hydrogen-bond acceptors (Lipinski definition) is 6. The number of rotatable bonds is 7. The largest absolute Gasteiger partial charge is 0.466 e. The van der Waals surface area contributed by atoms with Crippen LogP contribution in [0, 0.1) is 0 Å². The summed E-state index contributed by atoms with van der Waals surface area (Å²) in [7, 11) is 0. The smallest absolute Gasteiger partial charge is 0.313 e. The number of ether oxygens (including phenoxy) is 1. The van der Waals surface area contributed by atoms with E-state index < -0.39 is 12.0 Å². The van der Waals surface area contributed by atoms with Crippen LogP contribution in [0.3, 0.4) is 0 Å². The van der Waals surface area contributed by atoms with Crippen LogP contribution in [0.4, 0.5) is 0 Å². The number of benzene rings is 1. The quantitative estimate of drug-likeness (QED) is 0.492. The van der Waals surface area contributed by atoms with E-state index >= 15 is 0 Å². The number of Topliss-reactive ketones (excluding diaryl/α,β-unsaturated/α-hetero) is 1. The zero-order chi connectivity index (χ0) is 18.5. The molecule has 5 nitrogen and oxygen atoms in total. The van der Waals surface area contributed by atoms with E-state index in [4.69, 9.17) is 4.74 Å². The number of thiophene rings is 2. The van der Waals surface area contributed by atoms with Crippen LogP contribution in [-0.4, -0.2) is 24.3 Å². The lowest BCUT2D eigenvalue weighted by atomic mass is 10.1. The van der Waals surface area contributed by atoms with E-state index in [9.17, 15) is 14.4 Å². The van der Waals surface area contributed by atoms with Gasteiger partial charge in [-0.25, -0.2) is 0 Å². The number of nitrogens with one attached hydrogen (secondary N) is 1. The van der Waals surface area contributed by atoms with Gasteiger partial charge in [0.1, 0.15) is 12.5 Å². The van der Waals surface area contributed by atoms with Crippen LogP contribution in [-0.2, 0) is 14.3 Å². The molecule has 3 rings (SSSR count). The minimum absolute atomic E-state index is 0.212. The van der Waals surface area contributed by atoms with Crippen molar-refractivity contribution in [3.63, 3.8) is 0 Å².